The molecule has 0 bridgehead atoms. The maximum atomic E-state index is 2.50. The molecular weight excluding hydrogens is 182 g/mol. The van der Waals surface area contributed by atoms with E-state index in [1.807, 2.05) is 0 Å². The van der Waals surface area contributed by atoms with E-state index in [0.29, 0.717) is 0 Å². The van der Waals surface area contributed by atoms with E-state index in [-0.39, 0.29) is 0 Å². The van der Waals surface area contributed by atoms with Crippen LogP contribution in [0.4, 0.5) is 0 Å². The van der Waals surface area contributed by atoms with Gasteiger partial charge in [0.2, 0.25) is 0 Å². The Morgan fingerprint density at radius 3 is 2.47 bits per heavy atom. The monoisotopic (exact) mass is 205 g/mol. The van der Waals surface area contributed by atoms with Gasteiger partial charge in [-0.25, -0.2) is 0 Å². The molecule has 0 aliphatic heterocycles. The lowest BCUT2D eigenvalue weighted by Crippen LogP contribution is -2.24. The molecule has 0 aromatic heterocycles. The van der Waals surface area contributed by atoms with Crippen molar-refractivity contribution < 1.29 is 0 Å². The third-order valence-electron chi connectivity index (χ3n) is 3.10. The lowest BCUT2D eigenvalue weighted by atomic mass is 10.0. The first kappa shape index (κ1) is 12.3. The van der Waals surface area contributed by atoms with Crippen molar-refractivity contribution >= 4 is 0 Å². The maximum Gasteiger partial charge on any atom is 0.0236 e. The SMILES string of the molecule is CCCN(CC)Cc1cccc(C)c1C. The molecule has 0 heterocycles. The molecule has 0 amide bonds. The van der Waals surface area contributed by atoms with Crippen molar-refractivity contribution in [2.45, 2.75) is 40.7 Å². The van der Waals surface area contributed by atoms with E-state index in [1.165, 1.54) is 29.7 Å². The van der Waals surface area contributed by atoms with Gasteiger partial charge in [-0.1, -0.05) is 32.0 Å². The standard InChI is InChI=1S/C14H23N/c1-5-10-15(6-2)11-14-9-7-8-12(3)13(14)4/h7-9H,5-6,10-11H2,1-4H3. The van der Waals surface area contributed by atoms with Gasteiger partial charge in [0.15, 0.2) is 0 Å². The number of nitrogens with zero attached hydrogens (tertiary/aromatic N) is 1. The Labute approximate surface area is 94.1 Å². The quantitative estimate of drug-likeness (QED) is 0.710. The first-order valence-corrected chi connectivity index (χ1v) is 5.96. The van der Waals surface area contributed by atoms with E-state index >= 15 is 0 Å². The van der Waals surface area contributed by atoms with Gasteiger partial charge in [0.25, 0.3) is 0 Å². The lowest BCUT2D eigenvalue weighted by molar-refractivity contribution is 0.280. The van der Waals surface area contributed by atoms with E-state index in [4.69, 9.17) is 0 Å². The Morgan fingerprint density at radius 1 is 1.13 bits per heavy atom. The first-order valence-electron chi connectivity index (χ1n) is 5.96. The summed E-state index contributed by atoms with van der Waals surface area (Å²) in [4.78, 5) is 2.50. The molecule has 0 fully saturated rings. The molecule has 15 heavy (non-hydrogen) atoms. The van der Waals surface area contributed by atoms with Gasteiger partial charge in [-0.15, -0.1) is 0 Å². The van der Waals surface area contributed by atoms with Crippen LogP contribution in [-0.2, 0) is 6.54 Å². The van der Waals surface area contributed by atoms with E-state index in [2.05, 4.69) is 50.8 Å². The molecule has 1 aromatic rings. The largest absolute Gasteiger partial charge is 0.299 e. The molecule has 0 atom stereocenters. The molecular formula is C14H23N. The fraction of sp³-hybridized carbons (Fsp3) is 0.571. The molecule has 0 N–H and O–H groups in total. The van der Waals surface area contributed by atoms with Crippen LogP contribution in [0.25, 0.3) is 0 Å². The number of hydrogen-bond donors (Lipinski definition) is 0. The van der Waals surface area contributed by atoms with Crippen molar-refractivity contribution in [1.29, 1.82) is 0 Å². The van der Waals surface area contributed by atoms with Crippen molar-refractivity contribution in [2.75, 3.05) is 13.1 Å². The number of hydrogen-bond acceptors (Lipinski definition) is 1. The van der Waals surface area contributed by atoms with Crippen molar-refractivity contribution in [3.63, 3.8) is 0 Å². The highest BCUT2D eigenvalue weighted by molar-refractivity contribution is 5.32. The molecule has 1 aromatic carbocycles. The molecule has 0 spiro atoms. The van der Waals surface area contributed by atoms with Gasteiger partial charge in [-0.2, -0.15) is 0 Å². The minimum absolute atomic E-state index is 1.10. The summed E-state index contributed by atoms with van der Waals surface area (Å²) in [6, 6.07) is 6.60. The lowest BCUT2D eigenvalue weighted by Gasteiger charge is -2.21. The summed E-state index contributed by atoms with van der Waals surface area (Å²) in [6.07, 6.45) is 1.23. The fourth-order valence-electron chi connectivity index (χ4n) is 1.89. The minimum Gasteiger partial charge on any atom is -0.299 e. The fourth-order valence-corrected chi connectivity index (χ4v) is 1.89. The van der Waals surface area contributed by atoms with Crippen LogP contribution in [0.3, 0.4) is 0 Å². The second kappa shape index (κ2) is 5.92. The summed E-state index contributed by atoms with van der Waals surface area (Å²) < 4.78 is 0. The zero-order valence-electron chi connectivity index (χ0n) is 10.5. The summed E-state index contributed by atoms with van der Waals surface area (Å²) >= 11 is 0. The summed E-state index contributed by atoms with van der Waals surface area (Å²) in [6.45, 7) is 12.3. The van der Waals surface area contributed by atoms with Crippen molar-refractivity contribution in [1.82, 2.24) is 4.90 Å². The number of rotatable bonds is 5. The van der Waals surface area contributed by atoms with Gasteiger partial charge in [-0.05, 0) is 50.0 Å². The Balaban J connectivity index is 2.74. The van der Waals surface area contributed by atoms with Gasteiger partial charge in [-0.3, -0.25) is 4.90 Å². The Kier molecular flexibility index (Phi) is 4.83. The van der Waals surface area contributed by atoms with Crippen LogP contribution in [0.5, 0.6) is 0 Å². The topological polar surface area (TPSA) is 3.24 Å². The van der Waals surface area contributed by atoms with Crippen LogP contribution in [0.1, 0.15) is 37.0 Å². The van der Waals surface area contributed by atoms with Gasteiger partial charge in [0, 0.05) is 6.54 Å². The highest BCUT2D eigenvalue weighted by Gasteiger charge is 2.05. The second-order valence-electron chi connectivity index (χ2n) is 4.23. The van der Waals surface area contributed by atoms with Gasteiger partial charge >= 0.3 is 0 Å². The van der Waals surface area contributed by atoms with Crippen molar-refractivity contribution in [2.24, 2.45) is 0 Å². The Hall–Kier alpha value is -0.820. The summed E-state index contributed by atoms with van der Waals surface area (Å²) in [5.74, 6) is 0. The molecule has 0 radical (unpaired) electrons. The first-order chi connectivity index (χ1) is 7.19. The van der Waals surface area contributed by atoms with Crippen LogP contribution >= 0.6 is 0 Å². The molecule has 0 saturated carbocycles. The van der Waals surface area contributed by atoms with E-state index in [1.54, 1.807) is 0 Å². The van der Waals surface area contributed by atoms with Crippen LogP contribution in [0.15, 0.2) is 18.2 Å². The predicted octanol–water partition coefficient (Wildman–Crippen LogP) is 3.54. The van der Waals surface area contributed by atoms with Gasteiger partial charge < -0.3 is 0 Å². The Morgan fingerprint density at radius 2 is 1.87 bits per heavy atom. The third kappa shape index (κ3) is 3.35. The summed E-state index contributed by atoms with van der Waals surface area (Å²) in [7, 11) is 0. The van der Waals surface area contributed by atoms with Gasteiger partial charge in [0.05, 0.1) is 0 Å². The predicted molar refractivity (Wildman–Crippen MR) is 67.2 cm³/mol. The summed E-state index contributed by atoms with van der Waals surface area (Å²) in [5, 5.41) is 0. The number of aryl methyl sites for hydroxylation is 1. The average molecular weight is 205 g/mol. The zero-order valence-corrected chi connectivity index (χ0v) is 10.5. The molecule has 84 valence electrons. The van der Waals surface area contributed by atoms with Crippen LogP contribution in [0.2, 0.25) is 0 Å². The van der Waals surface area contributed by atoms with Crippen LogP contribution in [-0.4, -0.2) is 18.0 Å². The second-order valence-corrected chi connectivity index (χ2v) is 4.23. The highest BCUT2D eigenvalue weighted by atomic mass is 15.1. The van der Waals surface area contributed by atoms with E-state index in [9.17, 15) is 0 Å². The van der Waals surface area contributed by atoms with Crippen molar-refractivity contribution in [3.05, 3.63) is 34.9 Å². The normalized spacial score (nSPS) is 11.0. The zero-order chi connectivity index (χ0) is 11.3. The molecule has 0 aliphatic carbocycles. The summed E-state index contributed by atoms with van der Waals surface area (Å²) in [5.41, 5.74) is 4.33. The molecule has 1 nitrogen and oxygen atoms in total. The average Bonchev–Trinajstić information content (AvgIpc) is 2.24. The maximum absolute atomic E-state index is 2.50. The highest BCUT2D eigenvalue weighted by Crippen LogP contribution is 2.14. The van der Waals surface area contributed by atoms with Crippen LogP contribution < -0.4 is 0 Å². The molecule has 1 rings (SSSR count). The minimum atomic E-state index is 1.10. The van der Waals surface area contributed by atoms with Crippen molar-refractivity contribution in [3.8, 4) is 0 Å². The van der Waals surface area contributed by atoms with E-state index in [0.717, 1.165) is 13.1 Å². The molecule has 0 aliphatic rings. The van der Waals surface area contributed by atoms with Gasteiger partial charge in [0.1, 0.15) is 0 Å². The third-order valence-corrected chi connectivity index (χ3v) is 3.10. The Bertz CT molecular complexity index is 304. The smallest absolute Gasteiger partial charge is 0.0236 e. The molecule has 0 unspecified atom stereocenters. The molecule has 1 heteroatoms. The number of benzene rings is 1. The molecule has 0 saturated heterocycles. The van der Waals surface area contributed by atoms with Crippen LogP contribution in [0, 0.1) is 13.8 Å². The van der Waals surface area contributed by atoms with E-state index < -0.39 is 0 Å².